The predicted octanol–water partition coefficient (Wildman–Crippen LogP) is 3.82. The number of thiophene rings is 1. The Morgan fingerprint density at radius 2 is 1.94 bits per heavy atom. The molecule has 3 aromatic heterocycles. The molecule has 0 radical (unpaired) electrons. The van der Waals surface area contributed by atoms with Crippen LogP contribution in [0.25, 0.3) is 21.8 Å². The van der Waals surface area contributed by atoms with Crippen LogP contribution >= 0.6 is 11.3 Å². The topological polar surface area (TPSA) is 41.6 Å². The van der Waals surface area contributed by atoms with Crippen molar-refractivity contribution < 1.29 is 0 Å². The smallest absolute Gasteiger partial charge is 0.111 e. The lowest BCUT2D eigenvalue weighted by molar-refractivity contribution is 1.05. The van der Waals surface area contributed by atoms with Gasteiger partial charge in [0, 0.05) is 27.2 Å². The van der Waals surface area contributed by atoms with E-state index >= 15 is 0 Å². The molecule has 0 saturated heterocycles. The lowest BCUT2D eigenvalue weighted by Gasteiger charge is -1.99. The highest BCUT2D eigenvalue weighted by atomic mass is 32.1. The summed E-state index contributed by atoms with van der Waals surface area (Å²) in [6, 6.07) is 10.4. The molecule has 1 N–H and O–H groups in total. The molecule has 90 valence electrons. The molecule has 0 amide bonds. The van der Waals surface area contributed by atoms with Crippen LogP contribution in [-0.2, 0) is 0 Å². The van der Waals surface area contributed by atoms with E-state index in [4.69, 9.17) is 0 Å². The number of aromatic nitrogens is 3. The van der Waals surface area contributed by atoms with Crippen molar-refractivity contribution in [3.05, 3.63) is 47.1 Å². The van der Waals surface area contributed by atoms with E-state index in [-0.39, 0.29) is 0 Å². The van der Waals surface area contributed by atoms with E-state index in [1.54, 1.807) is 11.3 Å². The van der Waals surface area contributed by atoms with E-state index in [2.05, 4.69) is 40.3 Å². The fraction of sp³-hybridized carbons (Fsp3) is 0.143. The number of hydrogen-bond acceptors (Lipinski definition) is 3. The van der Waals surface area contributed by atoms with Crippen LogP contribution in [-0.4, -0.2) is 15.2 Å². The molecule has 0 aliphatic heterocycles. The minimum Gasteiger partial charge on any atom is -0.282 e. The highest BCUT2D eigenvalue weighted by molar-refractivity contribution is 7.15. The Kier molecular flexibility index (Phi) is 2.72. The maximum atomic E-state index is 4.47. The first-order valence-corrected chi connectivity index (χ1v) is 6.59. The summed E-state index contributed by atoms with van der Waals surface area (Å²) in [5, 5.41) is 7.14. The van der Waals surface area contributed by atoms with Crippen molar-refractivity contribution >= 4 is 11.3 Å². The second-order valence-corrected chi connectivity index (χ2v) is 5.57. The van der Waals surface area contributed by atoms with Crippen LogP contribution in [0.4, 0.5) is 0 Å². The quantitative estimate of drug-likeness (QED) is 0.756. The van der Waals surface area contributed by atoms with Gasteiger partial charge in [-0.3, -0.25) is 10.1 Å². The molecular weight excluding hydrogens is 242 g/mol. The van der Waals surface area contributed by atoms with Gasteiger partial charge in [0.05, 0.1) is 5.69 Å². The van der Waals surface area contributed by atoms with Crippen LogP contribution in [0.1, 0.15) is 10.6 Å². The van der Waals surface area contributed by atoms with Crippen LogP contribution in [0.3, 0.4) is 0 Å². The molecule has 3 heterocycles. The molecule has 18 heavy (non-hydrogen) atoms. The molecule has 0 bridgehead atoms. The van der Waals surface area contributed by atoms with Crippen LogP contribution < -0.4 is 0 Å². The van der Waals surface area contributed by atoms with Gasteiger partial charge in [-0.1, -0.05) is 0 Å². The van der Waals surface area contributed by atoms with E-state index in [1.807, 2.05) is 25.3 Å². The van der Waals surface area contributed by atoms with E-state index in [0.717, 1.165) is 22.6 Å². The summed E-state index contributed by atoms with van der Waals surface area (Å²) in [5.41, 5.74) is 3.99. The van der Waals surface area contributed by atoms with E-state index in [9.17, 15) is 0 Å². The van der Waals surface area contributed by atoms with Gasteiger partial charge in [0.2, 0.25) is 0 Å². The maximum Gasteiger partial charge on any atom is 0.111 e. The summed E-state index contributed by atoms with van der Waals surface area (Å²) >= 11 is 1.78. The molecule has 3 rings (SSSR count). The van der Waals surface area contributed by atoms with Crippen molar-refractivity contribution in [1.29, 1.82) is 0 Å². The SMILES string of the molecule is Cc1cc(-c2ccc(-c3ccc(C)s3)cn2)n[nH]1. The minimum atomic E-state index is 0.890. The number of hydrogen-bond donors (Lipinski definition) is 1. The van der Waals surface area contributed by atoms with Crippen molar-refractivity contribution in [1.82, 2.24) is 15.2 Å². The molecule has 3 nitrogen and oxygen atoms in total. The molecule has 0 fully saturated rings. The maximum absolute atomic E-state index is 4.47. The fourth-order valence-electron chi connectivity index (χ4n) is 1.83. The average Bonchev–Trinajstić information content (AvgIpc) is 2.98. The monoisotopic (exact) mass is 255 g/mol. The Hall–Kier alpha value is -1.94. The zero-order valence-electron chi connectivity index (χ0n) is 10.3. The molecule has 0 aliphatic carbocycles. The first-order chi connectivity index (χ1) is 8.72. The molecule has 0 aromatic carbocycles. The number of nitrogens with one attached hydrogen (secondary N) is 1. The van der Waals surface area contributed by atoms with Crippen molar-refractivity contribution in [2.45, 2.75) is 13.8 Å². The van der Waals surface area contributed by atoms with Gasteiger partial charge in [-0.05, 0) is 44.2 Å². The van der Waals surface area contributed by atoms with Crippen molar-refractivity contribution in [2.75, 3.05) is 0 Å². The lowest BCUT2D eigenvalue weighted by atomic mass is 10.2. The molecule has 0 atom stereocenters. The summed E-state index contributed by atoms with van der Waals surface area (Å²) in [6.07, 6.45) is 1.91. The standard InChI is InChI=1S/C14H13N3S/c1-9-7-13(17-16-9)12-5-4-11(8-15-12)14-6-3-10(2)18-14/h3-8H,1-2H3,(H,16,17). The summed E-state index contributed by atoms with van der Waals surface area (Å²) in [4.78, 5) is 7.04. The Labute approximate surface area is 110 Å². The number of H-pyrrole nitrogens is 1. The molecule has 4 heteroatoms. The van der Waals surface area contributed by atoms with Gasteiger partial charge in [0.1, 0.15) is 5.69 Å². The first kappa shape index (κ1) is 11.2. The van der Waals surface area contributed by atoms with E-state index in [1.165, 1.54) is 9.75 Å². The van der Waals surface area contributed by atoms with Gasteiger partial charge in [0.25, 0.3) is 0 Å². The highest BCUT2D eigenvalue weighted by Crippen LogP contribution is 2.28. The van der Waals surface area contributed by atoms with Gasteiger partial charge < -0.3 is 0 Å². The van der Waals surface area contributed by atoms with Gasteiger partial charge in [0.15, 0.2) is 0 Å². The third kappa shape index (κ3) is 2.07. The summed E-state index contributed by atoms with van der Waals surface area (Å²) in [5.74, 6) is 0. The van der Waals surface area contributed by atoms with E-state index in [0.29, 0.717) is 0 Å². The summed E-state index contributed by atoms with van der Waals surface area (Å²) in [7, 11) is 0. The minimum absolute atomic E-state index is 0.890. The number of rotatable bonds is 2. The van der Waals surface area contributed by atoms with E-state index < -0.39 is 0 Å². The first-order valence-electron chi connectivity index (χ1n) is 5.77. The second kappa shape index (κ2) is 4.38. The van der Waals surface area contributed by atoms with Crippen molar-refractivity contribution in [3.8, 4) is 21.8 Å². The van der Waals surface area contributed by atoms with Crippen LogP contribution in [0.15, 0.2) is 36.5 Å². The Balaban J connectivity index is 1.94. The number of aromatic amines is 1. The van der Waals surface area contributed by atoms with Crippen molar-refractivity contribution in [3.63, 3.8) is 0 Å². The normalized spacial score (nSPS) is 10.8. The van der Waals surface area contributed by atoms with Crippen LogP contribution in [0, 0.1) is 13.8 Å². The van der Waals surface area contributed by atoms with Gasteiger partial charge in [-0.15, -0.1) is 11.3 Å². The zero-order chi connectivity index (χ0) is 12.5. The van der Waals surface area contributed by atoms with Gasteiger partial charge in [-0.25, -0.2) is 0 Å². The number of aryl methyl sites for hydroxylation is 2. The second-order valence-electron chi connectivity index (χ2n) is 4.28. The molecule has 3 aromatic rings. The summed E-state index contributed by atoms with van der Waals surface area (Å²) in [6.45, 7) is 4.10. The zero-order valence-corrected chi connectivity index (χ0v) is 11.1. The lowest BCUT2D eigenvalue weighted by Crippen LogP contribution is -1.84. The third-order valence-corrected chi connectivity index (χ3v) is 3.81. The molecule has 0 saturated carbocycles. The predicted molar refractivity (Wildman–Crippen MR) is 74.6 cm³/mol. The Bertz CT molecular complexity index is 605. The van der Waals surface area contributed by atoms with Crippen LogP contribution in [0.5, 0.6) is 0 Å². The van der Waals surface area contributed by atoms with Crippen LogP contribution in [0.2, 0.25) is 0 Å². The third-order valence-electron chi connectivity index (χ3n) is 2.76. The Morgan fingerprint density at radius 3 is 2.50 bits per heavy atom. The summed E-state index contributed by atoms with van der Waals surface area (Å²) < 4.78 is 0. The average molecular weight is 255 g/mol. The number of nitrogens with zero attached hydrogens (tertiary/aromatic N) is 2. The molecular formula is C14H13N3S. The molecule has 0 unspecified atom stereocenters. The Morgan fingerprint density at radius 1 is 1.06 bits per heavy atom. The molecule has 0 aliphatic rings. The largest absolute Gasteiger partial charge is 0.282 e. The van der Waals surface area contributed by atoms with Gasteiger partial charge in [-0.2, -0.15) is 5.10 Å². The van der Waals surface area contributed by atoms with Gasteiger partial charge >= 0.3 is 0 Å². The fourth-order valence-corrected chi connectivity index (χ4v) is 2.69. The number of pyridine rings is 1. The molecule has 0 spiro atoms. The van der Waals surface area contributed by atoms with Crippen molar-refractivity contribution in [2.24, 2.45) is 0 Å². The highest BCUT2D eigenvalue weighted by Gasteiger charge is 2.05.